The van der Waals surface area contributed by atoms with Crippen LogP contribution in [0.25, 0.3) is 0 Å². The van der Waals surface area contributed by atoms with Gasteiger partial charge in [-0.25, -0.2) is 17.9 Å². The Bertz CT molecular complexity index is 655. The summed E-state index contributed by atoms with van der Waals surface area (Å²) < 4.78 is 35.6. The zero-order chi connectivity index (χ0) is 13.9. The van der Waals surface area contributed by atoms with Gasteiger partial charge in [0.05, 0.1) is 6.26 Å². The molecule has 0 saturated heterocycles. The van der Waals surface area contributed by atoms with Gasteiger partial charge in [-0.05, 0) is 24.3 Å². The summed E-state index contributed by atoms with van der Waals surface area (Å²) in [4.78, 5) is 10.6. The molecule has 0 aromatic carbocycles. The summed E-state index contributed by atoms with van der Waals surface area (Å²) in [5, 5.41) is 8.22. The van der Waals surface area contributed by atoms with E-state index in [-0.39, 0.29) is 6.54 Å². The molecule has 102 valence electrons. The lowest BCUT2D eigenvalue weighted by atomic mass is 10.3. The molecule has 0 aliphatic rings. The Morgan fingerprint density at radius 1 is 1.32 bits per heavy atom. The van der Waals surface area contributed by atoms with Crippen molar-refractivity contribution in [2.75, 3.05) is 6.54 Å². The Labute approximate surface area is 108 Å². The Hall–Kier alpha value is -2.06. The van der Waals surface area contributed by atoms with Gasteiger partial charge in [0, 0.05) is 13.0 Å². The molecule has 8 heteroatoms. The third-order valence-corrected chi connectivity index (χ3v) is 3.63. The van der Waals surface area contributed by atoms with E-state index in [1.165, 1.54) is 6.26 Å². The molecule has 0 spiro atoms. The maximum absolute atomic E-state index is 11.8. The lowest BCUT2D eigenvalue weighted by Gasteiger charge is -2.02. The highest BCUT2D eigenvalue weighted by atomic mass is 32.2. The van der Waals surface area contributed by atoms with Gasteiger partial charge in [0.2, 0.25) is 10.9 Å². The molecule has 7 nitrogen and oxygen atoms in total. The van der Waals surface area contributed by atoms with E-state index in [4.69, 9.17) is 13.9 Å². The summed E-state index contributed by atoms with van der Waals surface area (Å²) in [5.41, 5.74) is 0. The van der Waals surface area contributed by atoms with Crippen molar-refractivity contribution in [1.29, 1.82) is 0 Å². The van der Waals surface area contributed by atoms with Crippen molar-refractivity contribution in [2.24, 2.45) is 0 Å². The average Bonchev–Trinajstić information content (AvgIpc) is 2.99. The van der Waals surface area contributed by atoms with Crippen LogP contribution >= 0.6 is 0 Å². The molecule has 0 aliphatic heterocycles. The normalized spacial score (nSPS) is 11.6. The average molecular weight is 285 g/mol. The second kappa shape index (κ2) is 5.29. The highest BCUT2D eigenvalue weighted by Gasteiger charge is 2.20. The molecule has 0 bridgehead atoms. The van der Waals surface area contributed by atoms with E-state index in [2.05, 4.69) is 4.72 Å². The fraction of sp³-hybridized carbons (Fsp3) is 0.182. The first-order valence-electron chi connectivity index (χ1n) is 5.34. The zero-order valence-electron chi connectivity index (χ0n) is 9.70. The predicted molar refractivity (Wildman–Crippen MR) is 63.3 cm³/mol. The molecule has 0 amide bonds. The van der Waals surface area contributed by atoms with E-state index < -0.39 is 26.8 Å². The number of rotatable bonds is 6. The highest BCUT2D eigenvalue weighted by Crippen LogP contribution is 2.13. The first kappa shape index (κ1) is 13.4. The monoisotopic (exact) mass is 285 g/mol. The van der Waals surface area contributed by atoms with Gasteiger partial charge in [0.1, 0.15) is 5.76 Å². The van der Waals surface area contributed by atoms with Crippen LogP contribution in [-0.2, 0) is 16.4 Å². The zero-order valence-corrected chi connectivity index (χ0v) is 10.5. The number of furan rings is 2. The molecule has 0 fully saturated rings. The fourth-order valence-corrected chi connectivity index (χ4v) is 2.37. The Kier molecular flexibility index (Phi) is 3.72. The standard InChI is InChI=1S/C11H11NO6S/c13-11(14)9-3-4-10(18-9)19(15,16)12-6-5-8-2-1-7-17-8/h1-4,7,12H,5-6H2,(H,13,14). The fourth-order valence-electron chi connectivity index (χ4n) is 1.41. The first-order chi connectivity index (χ1) is 8.99. The SMILES string of the molecule is O=C(O)c1ccc(S(=O)(=O)NCCc2ccco2)o1. The number of carbonyl (C=O) groups is 1. The van der Waals surface area contributed by atoms with E-state index in [0.717, 1.165) is 12.1 Å². The van der Waals surface area contributed by atoms with Gasteiger partial charge in [0.15, 0.2) is 0 Å². The van der Waals surface area contributed by atoms with Crippen molar-refractivity contribution in [3.05, 3.63) is 42.0 Å². The van der Waals surface area contributed by atoms with Crippen molar-refractivity contribution in [1.82, 2.24) is 4.72 Å². The van der Waals surface area contributed by atoms with Crippen LogP contribution in [0.1, 0.15) is 16.3 Å². The second-order valence-electron chi connectivity index (χ2n) is 3.65. The number of nitrogens with one attached hydrogen (secondary N) is 1. The van der Waals surface area contributed by atoms with Gasteiger partial charge in [-0.2, -0.15) is 0 Å². The molecule has 0 aliphatic carbocycles. The lowest BCUT2D eigenvalue weighted by molar-refractivity contribution is 0.0656. The molecule has 2 rings (SSSR count). The number of aromatic carboxylic acids is 1. The van der Waals surface area contributed by atoms with E-state index in [1.54, 1.807) is 12.1 Å². The summed E-state index contributed by atoms with van der Waals surface area (Å²) in [7, 11) is -3.85. The van der Waals surface area contributed by atoms with Crippen LogP contribution < -0.4 is 4.72 Å². The Balaban J connectivity index is 1.99. The maximum Gasteiger partial charge on any atom is 0.371 e. The van der Waals surface area contributed by atoms with Crippen LogP contribution in [-0.4, -0.2) is 26.0 Å². The predicted octanol–water partition coefficient (Wildman–Crippen LogP) is 1.09. The van der Waals surface area contributed by atoms with Crippen LogP contribution in [0, 0.1) is 0 Å². The highest BCUT2D eigenvalue weighted by molar-refractivity contribution is 7.89. The van der Waals surface area contributed by atoms with Gasteiger partial charge < -0.3 is 13.9 Å². The molecule has 0 unspecified atom stereocenters. The van der Waals surface area contributed by atoms with E-state index >= 15 is 0 Å². The molecule has 2 heterocycles. The number of carboxylic acids is 1. The van der Waals surface area contributed by atoms with E-state index in [9.17, 15) is 13.2 Å². The molecule has 2 aromatic heterocycles. The van der Waals surface area contributed by atoms with Gasteiger partial charge in [-0.15, -0.1) is 0 Å². The maximum atomic E-state index is 11.8. The van der Waals surface area contributed by atoms with Crippen LogP contribution in [0.3, 0.4) is 0 Å². The molecular formula is C11H11NO6S. The minimum absolute atomic E-state index is 0.124. The van der Waals surface area contributed by atoms with Gasteiger partial charge in [-0.1, -0.05) is 0 Å². The summed E-state index contributed by atoms with van der Waals surface area (Å²) in [5.74, 6) is -1.10. The molecule has 0 atom stereocenters. The third kappa shape index (κ3) is 3.24. The molecule has 2 aromatic rings. The third-order valence-electron chi connectivity index (χ3n) is 2.30. The molecule has 2 N–H and O–H groups in total. The van der Waals surface area contributed by atoms with Crippen molar-refractivity contribution in [3.63, 3.8) is 0 Å². The lowest BCUT2D eigenvalue weighted by Crippen LogP contribution is -2.25. The van der Waals surface area contributed by atoms with Crippen LogP contribution in [0.2, 0.25) is 0 Å². The van der Waals surface area contributed by atoms with Crippen LogP contribution in [0.5, 0.6) is 0 Å². The molecule has 0 radical (unpaired) electrons. The van der Waals surface area contributed by atoms with E-state index in [1.807, 2.05) is 0 Å². The minimum Gasteiger partial charge on any atom is -0.475 e. The van der Waals surface area contributed by atoms with Gasteiger partial charge >= 0.3 is 5.97 Å². The van der Waals surface area contributed by atoms with Crippen molar-refractivity contribution in [2.45, 2.75) is 11.5 Å². The largest absolute Gasteiger partial charge is 0.475 e. The number of carboxylic acid groups (broad SMARTS) is 1. The number of hydrogen-bond donors (Lipinski definition) is 2. The Morgan fingerprint density at radius 2 is 2.11 bits per heavy atom. The van der Waals surface area contributed by atoms with Crippen molar-refractivity contribution >= 4 is 16.0 Å². The van der Waals surface area contributed by atoms with E-state index in [0.29, 0.717) is 12.2 Å². The van der Waals surface area contributed by atoms with Crippen molar-refractivity contribution < 1.29 is 27.2 Å². The summed E-state index contributed by atoms with van der Waals surface area (Å²) in [6.45, 7) is 0.124. The number of sulfonamides is 1. The topological polar surface area (TPSA) is 110 Å². The first-order valence-corrected chi connectivity index (χ1v) is 6.82. The van der Waals surface area contributed by atoms with Crippen LogP contribution in [0.15, 0.2) is 44.5 Å². The quantitative estimate of drug-likeness (QED) is 0.822. The Morgan fingerprint density at radius 3 is 2.68 bits per heavy atom. The summed E-state index contributed by atoms with van der Waals surface area (Å²) in [6.07, 6.45) is 1.88. The molecule has 19 heavy (non-hydrogen) atoms. The molecular weight excluding hydrogens is 274 g/mol. The minimum atomic E-state index is -3.85. The molecule has 0 saturated carbocycles. The summed E-state index contributed by atoms with van der Waals surface area (Å²) >= 11 is 0. The van der Waals surface area contributed by atoms with Crippen LogP contribution in [0.4, 0.5) is 0 Å². The second-order valence-corrected chi connectivity index (χ2v) is 5.35. The summed E-state index contributed by atoms with van der Waals surface area (Å²) in [6, 6.07) is 5.61. The number of hydrogen-bond acceptors (Lipinski definition) is 5. The van der Waals surface area contributed by atoms with Crippen molar-refractivity contribution in [3.8, 4) is 0 Å². The smallest absolute Gasteiger partial charge is 0.371 e. The van der Waals surface area contributed by atoms with Gasteiger partial charge in [-0.3, -0.25) is 0 Å². The van der Waals surface area contributed by atoms with Gasteiger partial charge in [0.25, 0.3) is 10.0 Å².